The first-order chi connectivity index (χ1) is 6.70. The fourth-order valence-electron chi connectivity index (χ4n) is 0.741. The summed E-state index contributed by atoms with van der Waals surface area (Å²) in [6, 6.07) is 10.1. The Balaban J connectivity index is 0.000000292. The van der Waals surface area contributed by atoms with Gasteiger partial charge in [-0.2, -0.15) is 0 Å². The van der Waals surface area contributed by atoms with Gasteiger partial charge in [0.1, 0.15) is 0 Å². The maximum atomic E-state index is 4.93. The van der Waals surface area contributed by atoms with E-state index >= 15 is 0 Å². The van der Waals surface area contributed by atoms with E-state index < -0.39 is 0 Å². The molecule has 0 bridgehead atoms. The van der Waals surface area contributed by atoms with E-state index in [4.69, 9.17) is 4.74 Å². The molecule has 1 nitrogen and oxygen atoms in total. The Kier molecular flexibility index (Phi) is 8.25. The quantitative estimate of drug-likeness (QED) is 0.709. The van der Waals surface area contributed by atoms with Crippen LogP contribution in [-0.4, -0.2) is 7.11 Å². The molecular weight excluding hydrogens is 172 g/mol. The SMILES string of the molecule is CCC(C)C.COCc1ccccc1. The number of benzene rings is 1. The van der Waals surface area contributed by atoms with Crippen molar-refractivity contribution in [3.05, 3.63) is 35.9 Å². The van der Waals surface area contributed by atoms with Crippen LogP contribution in [0.5, 0.6) is 0 Å². The zero-order valence-electron chi connectivity index (χ0n) is 9.79. The van der Waals surface area contributed by atoms with Gasteiger partial charge in [0.05, 0.1) is 6.61 Å². The molecule has 0 saturated heterocycles. The van der Waals surface area contributed by atoms with Gasteiger partial charge in [-0.1, -0.05) is 57.5 Å². The predicted molar refractivity (Wildman–Crippen MR) is 62.3 cm³/mol. The molecule has 0 aliphatic carbocycles. The molecule has 1 rings (SSSR count). The molecule has 0 atom stereocenters. The summed E-state index contributed by atoms with van der Waals surface area (Å²) in [6.07, 6.45) is 1.31. The molecule has 1 aromatic rings. The highest BCUT2D eigenvalue weighted by Gasteiger charge is 1.84. The van der Waals surface area contributed by atoms with Crippen LogP contribution >= 0.6 is 0 Å². The summed E-state index contributed by atoms with van der Waals surface area (Å²) in [7, 11) is 1.70. The zero-order valence-corrected chi connectivity index (χ0v) is 9.79. The second-order valence-corrected chi connectivity index (χ2v) is 3.72. The monoisotopic (exact) mass is 194 g/mol. The van der Waals surface area contributed by atoms with Gasteiger partial charge in [0.25, 0.3) is 0 Å². The van der Waals surface area contributed by atoms with Crippen LogP contribution in [0.1, 0.15) is 32.8 Å². The molecule has 1 aromatic carbocycles. The third-order valence-electron chi connectivity index (χ3n) is 1.97. The van der Waals surface area contributed by atoms with E-state index in [-0.39, 0.29) is 0 Å². The Morgan fingerprint density at radius 3 is 2.00 bits per heavy atom. The highest BCUT2D eigenvalue weighted by molar-refractivity contribution is 5.13. The topological polar surface area (TPSA) is 9.23 Å². The van der Waals surface area contributed by atoms with E-state index in [2.05, 4.69) is 20.8 Å². The van der Waals surface area contributed by atoms with Crippen molar-refractivity contribution in [1.82, 2.24) is 0 Å². The Bertz CT molecular complexity index is 204. The highest BCUT2D eigenvalue weighted by atomic mass is 16.5. The van der Waals surface area contributed by atoms with Crippen molar-refractivity contribution >= 4 is 0 Å². The molecule has 14 heavy (non-hydrogen) atoms. The van der Waals surface area contributed by atoms with Crippen LogP contribution in [0.3, 0.4) is 0 Å². The van der Waals surface area contributed by atoms with Gasteiger partial charge in [0.15, 0.2) is 0 Å². The third kappa shape index (κ3) is 7.81. The number of ether oxygens (including phenoxy) is 1. The van der Waals surface area contributed by atoms with Crippen molar-refractivity contribution in [3.63, 3.8) is 0 Å². The second-order valence-electron chi connectivity index (χ2n) is 3.72. The molecular formula is C13H22O. The van der Waals surface area contributed by atoms with E-state index in [0.29, 0.717) is 6.61 Å². The molecule has 0 heterocycles. The molecule has 1 heteroatoms. The Hall–Kier alpha value is -0.820. The third-order valence-corrected chi connectivity index (χ3v) is 1.97. The lowest BCUT2D eigenvalue weighted by Crippen LogP contribution is -1.84. The molecule has 0 amide bonds. The maximum absolute atomic E-state index is 4.93. The summed E-state index contributed by atoms with van der Waals surface area (Å²) in [6.45, 7) is 7.35. The van der Waals surface area contributed by atoms with Crippen LogP contribution < -0.4 is 0 Å². The highest BCUT2D eigenvalue weighted by Crippen LogP contribution is 1.98. The van der Waals surface area contributed by atoms with Crippen molar-refractivity contribution < 1.29 is 4.74 Å². The number of rotatable bonds is 3. The molecule has 0 unspecified atom stereocenters. The summed E-state index contributed by atoms with van der Waals surface area (Å²) in [5.74, 6) is 0.884. The lowest BCUT2D eigenvalue weighted by Gasteiger charge is -1.95. The molecule has 0 N–H and O–H groups in total. The standard InChI is InChI=1S/C8H10O.C5H12/c1-9-7-8-5-3-2-4-6-8;1-4-5(2)3/h2-6H,7H2,1H3;5H,4H2,1-3H3. The first kappa shape index (κ1) is 13.2. The summed E-state index contributed by atoms with van der Waals surface area (Å²) in [5, 5.41) is 0. The van der Waals surface area contributed by atoms with E-state index in [0.717, 1.165) is 5.92 Å². The van der Waals surface area contributed by atoms with Crippen molar-refractivity contribution in [1.29, 1.82) is 0 Å². The fourth-order valence-corrected chi connectivity index (χ4v) is 0.741. The molecule has 0 aliphatic rings. The lowest BCUT2D eigenvalue weighted by atomic mass is 10.2. The van der Waals surface area contributed by atoms with Gasteiger partial charge in [-0.3, -0.25) is 0 Å². The van der Waals surface area contributed by atoms with Gasteiger partial charge in [-0.15, -0.1) is 0 Å². The first-order valence-electron chi connectivity index (χ1n) is 5.23. The van der Waals surface area contributed by atoms with Crippen LogP contribution in [0, 0.1) is 5.92 Å². The minimum atomic E-state index is 0.709. The Morgan fingerprint density at radius 2 is 1.64 bits per heavy atom. The van der Waals surface area contributed by atoms with E-state index in [9.17, 15) is 0 Å². The minimum Gasteiger partial charge on any atom is -0.380 e. The number of methoxy groups -OCH3 is 1. The number of hydrogen-bond acceptors (Lipinski definition) is 1. The van der Waals surface area contributed by atoms with Gasteiger partial charge >= 0.3 is 0 Å². The minimum absolute atomic E-state index is 0.709. The van der Waals surface area contributed by atoms with Crippen LogP contribution in [0.2, 0.25) is 0 Å². The van der Waals surface area contributed by atoms with Gasteiger partial charge in [-0.05, 0) is 11.5 Å². The van der Waals surface area contributed by atoms with Crippen molar-refractivity contribution in [3.8, 4) is 0 Å². The molecule has 0 saturated carbocycles. The van der Waals surface area contributed by atoms with E-state index in [1.54, 1.807) is 7.11 Å². The van der Waals surface area contributed by atoms with Crippen molar-refractivity contribution in [2.75, 3.05) is 7.11 Å². The zero-order chi connectivity index (χ0) is 10.8. The van der Waals surface area contributed by atoms with Gasteiger partial charge in [0.2, 0.25) is 0 Å². The summed E-state index contributed by atoms with van der Waals surface area (Å²) in [5.41, 5.74) is 1.22. The van der Waals surface area contributed by atoms with Crippen LogP contribution in [0.15, 0.2) is 30.3 Å². The maximum Gasteiger partial charge on any atom is 0.0713 e. The van der Waals surface area contributed by atoms with Crippen LogP contribution in [0.25, 0.3) is 0 Å². The summed E-state index contributed by atoms with van der Waals surface area (Å²) in [4.78, 5) is 0. The van der Waals surface area contributed by atoms with Crippen molar-refractivity contribution in [2.45, 2.75) is 33.8 Å². The number of hydrogen-bond donors (Lipinski definition) is 0. The normalized spacial score (nSPS) is 9.50. The Labute approximate surface area is 88.1 Å². The molecule has 80 valence electrons. The summed E-state index contributed by atoms with van der Waals surface area (Å²) < 4.78 is 4.93. The molecule has 0 aromatic heterocycles. The molecule has 0 radical (unpaired) electrons. The predicted octanol–water partition coefficient (Wildman–Crippen LogP) is 3.89. The molecule has 0 spiro atoms. The van der Waals surface area contributed by atoms with E-state index in [1.807, 2.05) is 30.3 Å². The van der Waals surface area contributed by atoms with Gasteiger partial charge in [-0.25, -0.2) is 0 Å². The lowest BCUT2D eigenvalue weighted by molar-refractivity contribution is 0.185. The second kappa shape index (κ2) is 8.76. The van der Waals surface area contributed by atoms with Crippen molar-refractivity contribution in [2.24, 2.45) is 5.92 Å². The average Bonchev–Trinajstić information content (AvgIpc) is 2.21. The molecule has 0 aliphatic heterocycles. The Morgan fingerprint density at radius 1 is 1.14 bits per heavy atom. The van der Waals surface area contributed by atoms with E-state index in [1.165, 1.54) is 12.0 Å². The summed E-state index contributed by atoms with van der Waals surface area (Å²) >= 11 is 0. The van der Waals surface area contributed by atoms with Crippen LogP contribution in [0.4, 0.5) is 0 Å². The first-order valence-corrected chi connectivity index (χ1v) is 5.23. The van der Waals surface area contributed by atoms with Gasteiger partial charge in [0, 0.05) is 7.11 Å². The average molecular weight is 194 g/mol. The van der Waals surface area contributed by atoms with Crippen LogP contribution in [-0.2, 0) is 11.3 Å². The fraction of sp³-hybridized carbons (Fsp3) is 0.538. The smallest absolute Gasteiger partial charge is 0.0713 e. The largest absolute Gasteiger partial charge is 0.380 e. The van der Waals surface area contributed by atoms with Gasteiger partial charge < -0.3 is 4.74 Å². The molecule has 0 fully saturated rings.